The monoisotopic (exact) mass is 309 g/mol. The van der Waals surface area contributed by atoms with E-state index in [9.17, 15) is 14.9 Å². The Morgan fingerprint density at radius 2 is 2.33 bits per heavy atom. The van der Waals surface area contributed by atoms with Crippen molar-refractivity contribution in [1.29, 1.82) is 0 Å². The lowest BCUT2D eigenvalue weighted by Gasteiger charge is -2.19. The van der Waals surface area contributed by atoms with Crippen LogP contribution in [0.15, 0.2) is 35.1 Å². The molecule has 0 radical (unpaired) electrons. The number of carbonyl (C=O) groups is 1. The SMILES string of the molecule is CCN(Cc1ccco1)C(=O)c1cc(Cl)ncc1[N+](=O)[O-]. The van der Waals surface area contributed by atoms with Crippen LogP contribution in [-0.4, -0.2) is 27.3 Å². The summed E-state index contributed by atoms with van der Waals surface area (Å²) in [6.07, 6.45) is 2.48. The Hall–Kier alpha value is -2.41. The summed E-state index contributed by atoms with van der Waals surface area (Å²) in [7, 11) is 0. The zero-order chi connectivity index (χ0) is 15.4. The van der Waals surface area contributed by atoms with Gasteiger partial charge in [-0.25, -0.2) is 4.98 Å². The minimum atomic E-state index is -0.655. The molecule has 0 spiro atoms. The molecule has 2 rings (SSSR count). The molecular weight excluding hydrogens is 298 g/mol. The number of rotatable bonds is 5. The Kier molecular flexibility index (Phi) is 4.54. The van der Waals surface area contributed by atoms with Crippen molar-refractivity contribution in [2.45, 2.75) is 13.5 Å². The summed E-state index contributed by atoms with van der Waals surface area (Å²) in [5, 5.41) is 11.0. The molecule has 2 aromatic rings. The van der Waals surface area contributed by atoms with Crippen LogP contribution in [0.2, 0.25) is 5.15 Å². The van der Waals surface area contributed by atoms with Gasteiger partial charge in [0.05, 0.1) is 17.7 Å². The standard InChI is InChI=1S/C13H12ClN3O4/c1-2-16(8-9-4-3-5-21-9)13(18)10-6-12(14)15-7-11(10)17(19)20/h3-7H,2,8H2,1H3. The van der Waals surface area contributed by atoms with Crippen molar-refractivity contribution < 1.29 is 14.1 Å². The summed E-state index contributed by atoms with van der Waals surface area (Å²) in [6.45, 7) is 2.37. The minimum absolute atomic E-state index is 0.0259. The van der Waals surface area contributed by atoms with Crippen molar-refractivity contribution in [3.63, 3.8) is 0 Å². The van der Waals surface area contributed by atoms with Crippen LogP contribution in [0.25, 0.3) is 0 Å². The normalized spacial score (nSPS) is 10.4. The Bertz CT molecular complexity index is 657. The van der Waals surface area contributed by atoms with E-state index >= 15 is 0 Å². The van der Waals surface area contributed by atoms with Gasteiger partial charge in [-0.05, 0) is 25.1 Å². The third kappa shape index (κ3) is 3.38. The first-order chi connectivity index (χ1) is 10.0. The fourth-order valence-corrected chi connectivity index (χ4v) is 1.99. The van der Waals surface area contributed by atoms with Gasteiger partial charge in [-0.15, -0.1) is 0 Å². The molecule has 21 heavy (non-hydrogen) atoms. The van der Waals surface area contributed by atoms with E-state index in [4.69, 9.17) is 16.0 Å². The number of furan rings is 1. The summed E-state index contributed by atoms with van der Waals surface area (Å²) in [4.78, 5) is 27.9. The second kappa shape index (κ2) is 6.36. The first kappa shape index (κ1) is 15.0. The predicted octanol–water partition coefficient (Wildman–Crippen LogP) is 2.90. The van der Waals surface area contributed by atoms with E-state index in [0.717, 1.165) is 6.20 Å². The van der Waals surface area contributed by atoms with E-state index in [1.54, 1.807) is 19.1 Å². The molecule has 7 nitrogen and oxygen atoms in total. The third-order valence-electron chi connectivity index (χ3n) is 2.87. The summed E-state index contributed by atoms with van der Waals surface area (Å²) < 4.78 is 5.19. The van der Waals surface area contributed by atoms with Crippen molar-refractivity contribution in [2.24, 2.45) is 0 Å². The smallest absolute Gasteiger partial charge is 0.300 e. The first-order valence-corrected chi connectivity index (χ1v) is 6.52. The lowest BCUT2D eigenvalue weighted by atomic mass is 10.2. The van der Waals surface area contributed by atoms with Crippen molar-refractivity contribution >= 4 is 23.2 Å². The largest absolute Gasteiger partial charge is 0.467 e. The molecule has 110 valence electrons. The highest BCUT2D eigenvalue weighted by molar-refractivity contribution is 6.29. The topological polar surface area (TPSA) is 89.5 Å². The molecule has 1 amide bonds. The molecule has 2 aromatic heterocycles. The van der Waals surface area contributed by atoms with Gasteiger partial charge in [-0.3, -0.25) is 14.9 Å². The van der Waals surface area contributed by atoms with Crippen LogP contribution in [0, 0.1) is 10.1 Å². The first-order valence-electron chi connectivity index (χ1n) is 6.14. The lowest BCUT2D eigenvalue weighted by molar-refractivity contribution is -0.385. The van der Waals surface area contributed by atoms with Crippen LogP contribution < -0.4 is 0 Å². The van der Waals surface area contributed by atoms with Gasteiger partial charge in [0, 0.05) is 6.54 Å². The lowest BCUT2D eigenvalue weighted by Crippen LogP contribution is -2.30. The maximum Gasteiger partial charge on any atom is 0.300 e. The van der Waals surface area contributed by atoms with Crippen LogP contribution in [-0.2, 0) is 6.54 Å². The van der Waals surface area contributed by atoms with Crippen LogP contribution >= 0.6 is 11.6 Å². The summed E-state index contributed by atoms with van der Waals surface area (Å²) >= 11 is 5.73. The van der Waals surface area contributed by atoms with Crippen LogP contribution in [0.5, 0.6) is 0 Å². The van der Waals surface area contributed by atoms with E-state index in [-0.39, 0.29) is 22.9 Å². The number of amides is 1. The van der Waals surface area contributed by atoms with Crippen LogP contribution in [0.1, 0.15) is 23.0 Å². The average Bonchev–Trinajstić information content (AvgIpc) is 2.96. The number of halogens is 1. The molecule has 0 bridgehead atoms. The summed E-state index contributed by atoms with van der Waals surface area (Å²) in [5.74, 6) is 0.0953. The van der Waals surface area contributed by atoms with Gasteiger partial charge >= 0.3 is 0 Å². The Morgan fingerprint density at radius 1 is 1.57 bits per heavy atom. The van der Waals surface area contributed by atoms with Crippen molar-refractivity contribution in [2.75, 3.05) is 6.54 Å². The molecule has 0 aliphatic carbocycles. The average molecular weight is 310 g/mol. The molecule has 0 atom stereocenters. The molecule has 0 saturated carbocycles. The molecule has 8 heteroatoms. The maximum atomic E-state index is 12.5. The second-order valence-corrected chi connectivity index (χ2v) is 4.57. The van der Waals surface area contributed by atoms with Crippen LogP contribution in [0.3, 0.4) is 0 Å². The number of hydrogen-bond donors (Lipinski definition) is 0. The number of nitrogens with zero attached hydrogens (tertiary/aromatic N) is 3. The quantitative estimate of drug-likeness (QED) is 0.481. The van der Waals surface area contributed by atoms with E-state index in [0.29, 0.717) is 12.3 Å². The summed E-state index contributed by atoms with van der Waals surface area (Å²) in [5.41, 5.74) is -0.462. The molecule has 0 unspecified atom stereocenters. The predicted molar refractivity (Wildman–Crippen MR) is 75.0 cm³/mol. The van der Waals surface area contributed by atoms with Gasteiger partial charge in [0.1, 0.15) is 22.7 Å². The zero-order valence-corrected chi connectivity index (χ0v) is 11.9. The fraction of sp³-hybridized carbons (Fsp3) is 0.231. The molecule has 0 N–H and O–H groups in total. The molecular formula is C13H12ClN3O4. The number of nitro groups is 1. The van der Waals surface area contributed by atoms with Gasteiger partial charge in [0.15, 0.2) is 0 Å². The Labute approximate surface area is 125 Å². The molecule has 0 saturated heterocycles. The highest BCUT2D eigenvalue weighted by Gasteiger charge is 2.25. The minimum Gasteiger partial charge on any atom is -0.467 e. The molecule has 0 fully saturated rings. The number of hydrogen-bond acceptors (Lipinski definition) is 5. The molecule has 0 aliphatic rings. The van der Waals surface area contributed by atoms with E-state index < -0.39 is 10.8 Å². The fourth-order valence-electron chi connectivity index (χ4n) is 1.83. The molecule has 0 aromatic carbocycles. The van der Waals surface area contributed by atoms with Crippen molar-refractivity contribution in [3.8, 4) is 0 Å². The van der Waals surface area contributed by atoms with E-state index in [1.807, 2.05) is 0 Å². The van der Waals surface area contributed by atoms with Crippen LogP contribution in [0.4, 0.5) is 5.69 Å². The molecule has 2 heterocycles. The third-order valence-corrected chi connectivity index (χ3v) is 3.08. The Balaban J connectivity index is 2.33. The van der Waals surface area contributed by atoms with E-state index in [1.165, 1.54) is 17.2 Å². The number of pyridine rings is 1. The number of aromatic nitrogens is 1. The Morgan fingerprint density at radius 3 is 2.90 bits per heavy atom. The molecule has 0 aliphatic heterocycles. The zero-order valence-electron chi connectivity index (χ0n) is 11.2. The highest BCUT2D eigenvalue weighted by Crippen LogP contribution is 2.22. The van der Waals surface area contributed by atoms with Gasteiger partial charge in [0.2, 0.25) is 0 Å². The van der Waals surface area contributed by atoms with Gasteiger partial charge in [-0.1, -0.05) is 11.6 Å². The number of carbonyl (C=O) groups excluding carboxylic acids is 1. The van der Waals surface area contributed by atoms with Gasteiger partial charge in [0.25, 0.3) is 11.6 Å². The van der Waals surface area contributed by atoms with Crippen molar-refractivity contribution in [1.82, 2.24) is 9.88 Å². The van der Waals surface area contributed by atoms with Gasteiger partial charge < -0.3 is 9.32 Å². The van der Waals surface area contributed by atoms with Gasteiger partial charge in [-0.2, -0.15) is 0 Å². The van der Waals surface area contributed by atoms with Crippen molar-refractivity contribution in [3.05, 3.63) is 57.3 Å². The summed E-state index contributed by atoms with van der Waals surface area (Å²) in [6, 6.07) is 4.64. The highest BCUT2D eigenvalue weighted by atomic mass is 35.5. The van der Waals surface area contributed by atoms with E-state index in [2.05, 4.69) is 4.98 Å². The maximum absolute atomic E-state index is 12.5. The second-order valence-electron chi connectivity index (χ2n) is 4.18.